The summed E-state index contributed by atoms with van der Waals surface area (Å²) in [5.41, 5.74) is 6.05. The molecule has 0 atom stereocenters. The standard InChI is InChI=1S/C15H15BrN4O2/c1-15(2,21)5-3-11-7-10(4-6-18-11)9-22-14-13(17)19-8-12(16)20-14/h4,6-8,21H,9H2,1-2H3,(H2,17,19). The lowest BCUT2D eigenvalue weighted by molar-refractivity contribution is 0.143. The van der Waals surface area contributed by atoms with Crippen LogP contribution >= 0.6 is 15.9 Å². The van der Waals surface area contributed by atoms with Gasteiger partial charge >= 0.3 is 0 Å². The van der Waals surface area contributed by atoms with Gasteiger partial charge in [0.05, 0.1) is 6.20 Å². The van der Waals surface area contributed by atoms with Gasteiger partial charge in [0.2, 0.25) is 0 Å². The molecule has 22 heavy (non-hydrogen) atoms. The molecule has 0 spiro atoms. The van der Waals surface area contributed by atoms with Crippen LogP contribution in [0.4, 0.5) is 5.82 Å². The lowest BCUT2D eigenvalue weighted by Gasteiger charge is -2.08. The molecule has 0 radical (unpaired) electrons. The number of ether oxygens (including phenoxy) is 1. The second-order valence-corrected chi connectivity index (χ2v) is 5.84. The Kier molecular flexibility index (Phi) is 4.96. The molecule has 0 aromatic carbocycles. The van der Waals surface area contributed by atoms with Crippen molar-refractivity contribution in [2.75, 3.05) is 5.73 Å². The van der Waals surface area contributed by atoms with Gasteiger partial charge in [-0.2, -0.15) is 0 Å². The first-order chi connectivity index (χ1) is 10.3. The number of rotatable bonds is 3. The Bertz CT molecular complexity index is 732. The summed E-state index contributed by atoms with van der Waals surface area (Å²) < 4.78 is 6.09. The van der Waals surface area contributed by atoms with E-state index in [1.807, 2.05) is 0 Å². The molecular weight excluding hydrogens is 348 g/mol. The molecule has 3 N–H and O–H groups in total. The van der Waals surface area contributed by atoms with Crippen molar-refractivity contribution in [1.29, 1.82) is 0 Å². The van der Waals surface area contributed by atoms with Crippen LogP contribution in [0.5, 0.6) is 5.88 Å². The first kappa shape index (κ1) is 16.2. The minimum Gasteiger partial charge on any atom is -0.470 e. The smallest absolute Gasteiger partial charge is 0.258 e. The first-order valence-corrected chi connectivity index (χ1v) is 7.24. The maximum Gasteiger partial charge on any atom is 0.258 e. The Labute approximate surface area is 136 Å². The number of halogens is 1. The van der Waals surface area contributed by atoms with Crippen molar-refractivity contribution in [3.63, 3.8) is 0 Å². The highest BCUT2D eigenvalue weighted by Crippen LogP contribution is 2.19. The minimum absolute atomic E-state index is 0.222. The summed E-state index contributed by atoms with van der Waals surface area (Å²) in [7, 11) is 0. The van der Waals surface area contributed by atoms with Gasteiger partial charge in [-0.3, -0.25) is 0 Å². The third-order valence-electron chi connectivity index (χ3n) is 2.43. The number of nitrogen functional groups attached to an aromatic ring is 1. The number of aromatic nitrogens is 3. The van der Waals surface area contributed by atoms with Gasteiger partial charge in [-0.25, -0.2) is 15.0 Å². The molecule has 2 aromatic rings. The Morgan fingerprint density at radius 3 is 2.91 bits per heavy atom. The fraction of sp³-hybridized carbons (Fsp3) is 0.267. The molecule has 6 nitrogen and oxygen atoms in total. The number of aliphatic hydroxyl groups is 1. The monoisotopic (exact) mass is 362 g/mol. The zero-order chi connectivity index (χ0) is 16.2. The van der Waals surface area contributed by atoms with Crippen LogP contribution in [-0.4, -0.2) is 25.7 Å². The number of anilines is 1. The third-order valence-corrected chi connectivity index (χ3v) is 2.82. The third kappa shape index (κ3) is 4.98. The predicted molar refractivity (Wildman–Crippen MR) is 85.9 cm³/mol. The second kappa shape index (κ2) is 6.73. The van der Waals surface area contributed by atoms with E-state index in [4.69, 9.17) is 10.5 Å². The highest BCUT2D eigenvalue weighted by molar-refractivity contribution is 9.10. The molecule has 2 heterocycles. The van der Waals surface area contributed by atoms with Crippen LogP contribution in [-0.2, 0) is 6.61 Å². The van der Waals surface area contributed by atoms with Gasteiger partial charge in [-0.1, -0.05) is 5.92 Å². The fourth-order valence-electron chi connectivity index (χ4n) is 1.47. The summed E-state index contributed by atoms with van der Waals surface area (Å²) >= 11 is 3.21. The molecule has 114 valence electrons. The van der Waals surface area contributed by atoms with Crippen molar-refractivity contribution < 1.29 is 9.84 Å². The second-order valence-electron chi connectivity index (χ2n) is 5.03. The summed E-state index contributed by atoms with van der Waals surface area (Å²) in [6, 6.07) is 3.58. The van der Waals surface area contributed by atoms with Crippen LogP contribution < -0.4 is 10.5 Å². The first-order valence-electron chi connectivity index (χ1n) is 6.45. The zero-order valence-electron chi connectivity index (χ0n) is 12.2. The predicted octanol–water partition coefficient (Wildman–Crippen LogP) is 1.92. The average molecular weight is 363 g/mol. The molecule has 0 saturated heterocycles. The maximum absolute atomic E-state index is 9.60. The van der Waals surface area contributed by atoms with Gasteiger partial charge < -0.3 is 15.6 Å². The lowest BCUT2D eigenvalue weighted by Crippen LogP contribution is -2.14. The van der Waals surface area contributed by atoms with Crippen LogP contribution in [0.1, 0.15) is 25.1 Å². The van der Waals surface area contributed by atoms with E-state index in [9.17, 15) is 5.11 Å². The quantitative estimate of drug-likeness (QED) is 0.810. The van der Waals surface area contributed by atoms with Gasteiger partial charge in [-0.15, -0.1) is 0 Å². The molecule has 0 saturated carbocycles. The number of nitrogens with zero attached hydrogens (tertiary/aromatic N) is 3. The fourth-order valence-corrected chi connectivity index (χ4v) is 1.73. The molecule has 0 unspecified atom stereocenters. The maximum atomic E-state index is 9.60. The summed E-state index contributed by atoms with van der Waals surface area (Å²) in [5, 5.41) is 9.60. The molecule has 0 fully saturated rings. The molecule has 2 rings (SSSR count). The molecular formula is C15H15BrN4O2. The van der Waals surface area contributed by atoms with Crippen molar-refractivity contribution in [2.24, 2.45) is 0 Å². The Morgan fingerprint density at radius 1 is 1.41 bits per heavy atom. The van der Waals surface area contributed by atoms with Crippen molar-refractivity contribution in [2.45, 2.75) is 26.1 Å². The van der Waals surface area contributed by atoms with Gasteiger partial charge in [0, 0.05) is 6.20 Å². The van der Waals surface area contributed by atoms with Crippen LogP contribution in [0.25, 0.3) is 0 Å². The van der Waals surface area contributed by atoms with Crippen molar-refractivity contribution >= 4 is 21.7 Å². The molecule has 0 aliphatic carbocycles. The molecule has 2 aromatic heterocycles. The lowest BCUT2D eigenvalue weighted by atomic mass is 10.1. The van der Waals surface area contributed by atoms with Crippen LogP contribution in [0.3, 0.4) is 0 Å². The van der Waals surface area contributed by atoms with E-state index in [-0.39, 0.29) is 18.3 Å². The van der Waals surface area contributed by atoms with Crippen molar-refractivity contribution in [3.05, 3.63) is 40.4 Å². The van der Waals surface area contributed by atoms with Gasteiger partial charge in [-0.05, 0) is 53.4 Å². The SMILES string of the molecule is CC(C)(O)C#Cc1cc(COc2nc(Br)cnc2N)ccn1. The van der Waals surface area contributed by atoms with Crippen molar-refractivity contribution in [1.82, 2.24) is 15.0 Å². The summed E-state index contributed by atoms with van der Waals surface area (Å²) in [4.78, 5) is 12.2. The summed E-state index contributed by atoms with van der Waals surface area (Å²) in [5.74, 6) is 6.01. The Morgan fingerprint density at radius 2 is 2.18 bits per heavy atom. The Hall–Kier alpha value is -2.17. The molecule has 0 aliphatic rings. The minimum atomic E-state index is -1.06. The molecule has 7 heteroatoms. The van der Waals surface area contributed by atoms with Crippen LogP contribution in [0, 0.1) is 11.8 Å². The zero-order valence-corrected chi connectivity index (χ0v) is 13.8. The average Bonchev–Trinajstić information content (AvgIpc) is 2.46. The van der Waals surface area contributed by atoms with Gasteiger partial charge in [0.1, 0.15) is 22.5 Å². The van der Waals surface area contributed by atoms with E-state index in [0.717, 1.165) is 5.56 Å². The van der Waals surface area contributed by atoms with E-state index >= 15 is 0 Å². The van der Waals surface area contributed by atoms with E-state index in [1.165, 1.54) is 6.20 Å². The number of hydrogen-bond acceptors (Lipinski definition) is 6. The normalized spacial score (nSPS) is 10.7. The van der Waals surface area contributed by atoms with Crippen LogP contribution in [0.15, 0.2) is 29.1 Å². The molecule has 0 aliphatic heterocycles. The van der Waals surface area contributed by atoms with E-state index in [1.54, 1.807) is 32.2 Å². The summed E-state index contributed by atoms with van der Waals surface area (Å²) in [6.45, 7) is 3.48. The van der Waals surface area contributed by atoms with Gasteiger partial charge in [0.25, 0.3) is 5.88 Å². The topological polar surface area (TPSA) is 94.2 Å². The number of hydrogen-bond donors (Lipinski definition) is 2. The van der Waals surface area contributed by atoms with Gasteiger partial charge in [0.15, 0.2) is 5.82 Å². The van der Waals surface area contributed by atoms with E-state index in [2.05, 4.69) is 42.7 Å². The summed E-state index contributed by atoms with van der Waals surface area (Å²) in [6.07, 6.45) is 3.13. The number of pyridine rings is 1. The van der Waals surface area contributed by atoms with Crippen molar-refractivity contribution in [3.8, 4) is 17.7 Å². The highest BCUT2D eigenvalue weighted by Gasteiger charge is 2.07. The largest absolute Gasteiger partial charge is 0.470 e. The Balaban J connectivity index is 2.10. The highest BCUT2D eigenvalue weighted by atomic mass is 79.9. The molecule has 0 bridgehead atoms. The molecule has 0 amide bonds. The van der Waals surface area contributed by atoms with Crippen LogP contribution in [0.2, 0.25) is 0 Å². The van der Waals surface area contributed by atoms with E-state index in [0.29, 0.717) is 10.3 Å². The number of nitrogens with two attached hydrogens (primary N) is 1. The van der Waals surface area contributed by atoms with E-state index < -0.39 is 5.60 Å².